The molecule has 0 radical (unpaired) electrons. The Labute approximate surface area is 107 Å². The molecule has 1 saturated heterocycles. The third kappa shape index (κ3) is 2.70. The predicted octanol–water partition coefficient (Wildman–Crippen LogP) is 0.779. The van der Waals surface area contributed by atoms with Crippen molar-refractivity contribution in [2.45, 2.75) is 32.0 Å². The van der Waals surface area contributed by atoms with Gasteiger partial charge in [-0.15, -0.1) is 0 Å². The molecule has 18 heavy (non-hydrogen) atoms. The minimum atomic E-state index is -0.821. The van der Waals surface area contributed by atoms with Crippen molar-refractivity contribution in [3.05, 3.63) is 11.9 Å². The van der Waals surface area contributed by atoms with Gasteiger partial charge in [0.25, 0.3) is 0 Å². The molecule has 2 unspecified atom stereocenters. The van der Waals surface area contributed by atoms with Crippen molar-refractivity contribution < 1.29 is 9.84 Å². The van der Waals surface area contributed by atoms with E-state index in [1.54, 1.807) is 0 Å². The summed E-state index contributed by atoms with van der Waals surface area (Å²) in [4.78, 5) is 8.50. The number of hydrogen-bond acceptors (Lipinski definition) is 6. The quantitative estimate of drug-likeness (QED) is 0.735. The molecule has 0 saturated carbocycles. The Kier molecular flexibility index (Phi) is 3.68. The van der Waals surface area contributed by atoms with E-state index in [1.807, 2.05) is 27.0 Å². The maximum atomic E-state index is 10.4. The summed E-state index contributed by atoms with van der Waals surface area (Å²) in [7, 11) is 1.81. The zero-order valence-corrected chi connectivity index (χ0v) is 11.0. The molecule has 0 amide bonds. The van der Waals surface area contributed by atoms with Crippen molar-refractivity contribution in [2.24, 2.45) is 0 Å². The van der Waals surface area contributed by atoms with Crippen molar-refractivity contribution in [2.75, 3.05) is 30.8 Å². The van der Waals surface area contributed by atoms with Gasteiger partial charge in [-0.25, -0.2) is 9.97 Å². The molecular formula is C12H20N4O2. The van der Waals surface area contributed by atoms with Crippen molar-refractivity contribution in [1.29, 1.82) is 0 Å². The molecule has 2 rings (SSSR count). The number of rotatable bonds is 4. The van der Waals surface area contributed by atoms with Crippen molar-refractivity contribution in [3.63, 3.8) is 0 Å². The predicted molar refractivity (Wildman–Crippen MR) is 69.8 cm³/mol. The van der Waals surface area contributed by atoms with Crippen LogP contribution >= 0.6 is 0 Å². The van der Waals surface area contributed by atoms with Crippen LogP contribution in [0.5, 0.6) is 0 Å². The van der Waals surface area contributed by atoms with Gasteiger partial charge >= 0.3 is 0 Å². The van der Waals surface area contributed by atoms with E-state index in [-0.39, 0.29) is 6.10 Å². The fraction of sp³-hybridized carbons (Fsp3) is 0.667. The van der Waals surface area contributed by atoms with Gasteiger partial charge in [0.15, 0.2) is 0 Å². The molecular weight excluding hydrogens is 232 g/mol. The highest BCUT2D eigenvalue weighted by molar-refractivity contribution is 5.47. The van der Waals surface area contributed by atoms with Crippen LogP contribution in [0.25, 0.3) is 0 Å². The van der Waals surface area contributed by atoms with Crippen molar-refractivity contribution in [3.8, 4) is 0 Å². The first-order chi connectivity index (χ1) is 8.53. The standard InChI is InChI=1S/C12H20N4O2/c1-8-12(17,4-5-18-8)7-14-11-6-10(13-3)15-9(2)16-11/h6,8,17H,4-5,7H2,1-3H3,(H2,13,14,15,16). The lowest BCUT2D eigenvalue weighted by molar-refractivity contribution is -0.0176. The Morgan fingerprint density at radius 3 is 2.83 bits per heavy atom. The number of anilines is 2. The molecule has 6 heteroatoms. The second-order valence-electron chi connectivity index (χ2n) is 4.66. The van der Waals surface area contributed by atoms with E-state index in [9.17, 15) is 5.11 Å². The van der Waals surface area contributed by atoms with E-state index >= 15 is 0 Å². The average Bonchev–Trinajstić information content (AvgIpc) is 2.67. The van der Waals surface area contributed by atoms with E-state index in [1.165, 1.54) is 0 Å². The van der Waals surface area contributed by atoms with E-state index in [2.05, 4.69) is 20.6 Å². The zero-order chi connectivity index (χ0) is 13.2. The summed E-state index contributed by atoms with van der Waals surface area (Å²) in [5.41, 5.74) is -0.821. The van der Waals surface area contributed by atoms with Gasteiger partial charge in [-0.1, -0.05) is 0 Å². The highest BCUT2D eigenvalue weighted by Gasteiger charge is 2.39. The molecule has 2 atom stereocenters. The number of aromatic nitrogens is 2. The number of nitrogens with zero attached hydrogens (tertiary/aromatic N) is 2. The number of ether oxygens (including phenoxy) is 1. The van der Waals surface area contributed by atoms with Crippen molar-refractivity contribution >= 4 is 11.6 Å². The van der Waals surface area contributed by atoms with Crippen molar-refractivity contribution in [1.82, 2.24) is 9.97 Å². The van der Waals surface area contributed by atoms with E-state index < -0.39 is 5.60 Å². The molecule has 100 valence electrons. The van der Waals surface area contributed by atoms with Crippen LogP contribution < -0.4 is 10.6 Å². The Bertz CT molecular complexity index is 427. The second kappa shape index (κ2) is 5.07. The van der Waals surface area contributed by atoms with Gasteiger partial charge < -0.3 is 20.5 Å². The van der Waals surface area contributed by atoms with Crippen LogP contribution in [0, 0.1) is 6.92 Å². The molecule has 1 aliphatic heterocycles. The van der Waals surface area contributed by atoms with Crippen LogP contribution in [0.4, 0.5) is 11.6 Å². The molecule has 3 N–H and O–H groups in total. The maximum absolute atomic E-state index is 10.4. The average molecular weight is 252 g/mol. The fourth-order valence-electron chi connectivity index (χ4n) is 2.03. The SMILES string of the molecule is CNc1cc(NCC2(O)CCOC2C)nc(C)n1. The van der Waals surface area contributed by atoms with Crippen LogP contribution in [0.2, 0.25) is 0 Å². The molecule has 1 aromatic rings. The second-order valence-corrected chi connectivity index (χ2v) is 4.66. The molecule has 1 fully saturated rings. The summed E-state index contributed by atoms with van der Waals surface area (Å²) >= 11 is 0. The summed E-state index contributed by atoms with van der Waals surface area (Å²) < 4.78 is 5.39. The lowest BCUT2D eigenvalue weighted by Gasteiger charge is -2.26. The molecule has 1 aliphatic rings. The molecule has 0 spiro atoms. The Morgan fingerprint density at radius 2 is 2.22 bits per heavy atom. The lowest BCUT2D eigenvalue weighted by atomic mass is 9.97. The summed E-state index contributed by atoms with van der Waals surface area (Å²) in [5, 5.41) is 16.5. The highest BCUT2D eigenvalue weighted by atomic mass is 16.5. The van der Waals surface area contributed by atoms with Crippen LogP contribution in [0.15, 0.2) is 6.07 Å². The number of aliphatic hydroxyl groups is 1. The van der Waals surface area contributed by atoms with Gasteiger partial charge in [0.2, 0.25) is 0 Å². The van der Waals surface area contributed by atoms with E-state index in [4.69, 9.17) is 4.74 Å². The fourth-order valence-corrected chi connectivity index (χ4v) is 2.03. The molecule has 1 aromatic heterocycles. The number of hydrogen-bond donors (Lipinski definition) is 3. The molecule has 0 aliphatic carbocycles. The first-order valence-corrected chi connectivity index (χ1v) is 6.15. The van der Waals surface area contributed by atoms with Crippen LogP contribution in [-0.2, 0) is 4.74 Å². The highest BCUT2D eigenvalue weighted by Crippen LogP contribution is 2.26. The summed E-state index contributed by atoms with van der Waals surface area (Å²) in [6.45, 7) is 4.75. The minimum Gasteiger partial charge on any atom is -0.385 e. The van der Waals surface area contributed by atoms with Gasteiger partial charge in [-0.3, -0.25) is 0 Å². The molecule has 0 bridgehead atoms. The van der Waals surface area contributed by atoms with Gasteiger partial charge in [0.05, 0.1) is 6.10 Å². The Morgan fingerprint density at radius 1 is 1.50 bits per heavy atom. The van der Waals surface area contributed by atoms with Crippen LogP contribution in [0.3, 0.4) is 0 Å². The molecule has 2 heterocycles. The monoisotopic (exact) mass is 252 g/mol. The smallest absolute Gasteiger partial charge is 0.131 e. The Hall–Kier alpha value is -1.40. The maximum Gasteiger partial charge on any atom is 0.131 e. The van der Waals surface area contributed by atoms with Gasteiger partial charge in [0, 0.05) is 32.7 Å². The topological polar surface area (TPSA) is 79.3 Å². The zero-order valence-electron chi connectivity index (χ0n) is 11.0. The first kappa shape index (κ1) is 13.0. The Balaban J connectivity index is 2.04. The summed E-state index contributed by atoms with van der Waals surface area (Å²) in [6, 6.07) is 1.82. The number of aryl methyl sites for hydroxylation is 1. The summed E-state index contributed by atoms with van der Waals surface area (Å²) in [5.74, 6) is 2.15. The van der Waals surface area contributed by atoms with E-state index in [0.29, 0.717) is 31.2 Å². The van der Waals surface area contributed by atoms with Gasteiger partial charge in [-0.05, 0) is 13.8 Å². The van der Waals surface area contributed by atoms with Gasteiger partial charge in [-0.2, -0.15) is 0 Å². The number of nitrogens with one attached hydrogen (secondary N) is 2. The van der Waals surface area contributed by atoms with Gasteiger partial charge in [0.1, 0.15) is 23.1 Å². The molecule has 6 nitrogen and oxygen atoms in total. The van der Waals surface area contributed by atoms with Crippen LogP contribution in [-0.4, -0.2) is 47.0 Å². The third-order valence-corrected chi connectivity index (χ3v) is 3.33. The third-order valence-electron chi connectivity index (χ3n) is 3.33. The summed E-state index contributed by atoms with van der Waals surface area (Å²) in [6.07, 6.45) is 0.487. The van der Waals surface area contributed by atoms with E-state index in [0.717, 1.165) is 5.82 Å². The van der Waals surface area contributed by atoms with Crippen LogP contribution in [0.1, 0.15) is 19.2 Å². The molecule has 0 aromatic carbocycles. The largest absolute Gasteiger partial charge is 0.385 e. The normalized spacial score (nSPS) is 27.2. The first-order valence-electron chi connectivity index (χ1n) is 6.15. The minimum absolute atomic E-state index is 0.156. The lowest BCUT2D eigenvalue weighted by Crippen LogP contribution is -2.43.